The van der Waals surface area contributed by atoms with Crippen LogP contribution in [0.5, 0.6) is 11.5 Å². The predicted octanol–water partition coefficient (Wildman–Crippen LogP) is 6.81. The lowest BCUT2D eigenvalue weighted by atomic mass is 10.3. The highest BCUT2D eigenvalue weighted by atomic mass is 79.9. The SMILES string of the molecule is S=C(Nc1ccc(Oc2ccccc2)cc1)Nc1ccc(Br)cc1Br. The van der Waals surface area contributed by atoms with Crippen molar-refractivity contribution in [2.24, 2.45) is 0 Å². The molecule has 0 spiro atoms. The number of thiocarbonyl (C=S) groups is 1. The smallest absolute Gasteiger partial charge is 0.175 e. The van der Waals surface area contributed by atoms with Gasteiger partial charge in [0.2, 0.25) is 0 Å². The van der Waals surface area contributed by atoms with Gasteiger partial charge in [-0.3, -0.25) is 0 Å². The van der Waals surface area contributed by atoms with Crippen molar-refractivity contribution in [1.82, 2.24) is 0 Å². The zero-order valence-corrected chi connectivity index (χ0v) is 17.0. The Morgan fingerprint density at radius 1 is 0.800 bits per heavy atom. The minimum Gasteiger partial charge on any atom is -0.457 e. The van der Waals surface area contributed by atoms with Gasteiger partial charge in [0.1, 0.15) is 11.5 Å². The number of hydrogen-bond acceptors (Lipinski definition) is 2. The number of benzene rings is 3. The van der Waals surface area contributed by atoms with E-state index in [4.69, 9.17) is 17.0 Å². The zero-order chi connectivity index (χ0) is 17.6. The van der Waals surface area contributed by atoms with Crippen LogP contribution in [0.1, 0.15) is 0 Å². The first-order valence-corrected chi connectivity index (χ1v) is 9.45. The summed E-state index contributed by atoms with van der Waals surface area (Å²) in [4.78, 5) is 0. The normalized spacial score (nSPS) is 10.2. The van der Waals surface area contributed by atoms with E-state index in [1.807, 2.05) is 72.8 Å². The third kappa shape index (κ3) is 5.29. The van der Waals surface area contributed by atoms with Gasteiger partial charge >= 0.3 is 0 Å². The fourth-order valence-corrected chi connectivity index (χ4v) is 3.48. The number of para-hydroxylation sites is 1. The van der Waals surface area contributed by atoms with Crippen LogP contribution in [0.2, 0.25) is 0 Å². The number of anilines is 2. The lowest BCUT2D eigenvalue weighted by Gasteiger charge is -2.12. The molecule has 0 bridgehead atoms. The summed E-state index contributed by atoms with van der Waals surface area (Å²) in [7, 11) is 0. The molecule has 3 aromatic rings. The number of hydrogen-bond donors (Lipinski definition) is 2. The van der Waals surface area contributed by atoms with E-state index in [0.717, 1.165) is 31.8 Å². The quantitative estimate of drug-likeness (QED) is 0.404. The average Bonchev–Trinajstić information content (AvgIpc) is 2.60. The van der Waals surface area contributed by atoms with Crippen LogP contribution in [0, 0.1) is 0 Å². The highest BCUT2D eigenvalue weighted by molar-refractivity contribution is 9.11. The largest absolute Gasteiger partial charge is 0.457 e. The first-order chi connectivity index (χ1) is 12.1. The summed E-state index contributed by atoms with van der Waals surface area (Å²) in [5, 5.41) is 6.83. The van der Waals surface area contributed by atoms with Gasteiger partial charge in [-0.1, -0.05) is 34.1 Å². The van der Waals surface area contributed by atoms with Gasteiger partial charge in [0.25, 0.3) is 0 Å². The van der Waals surface area contributed by atoms with Gasteiger partial charge in [0, 0.05) is 14.6 Å². The molecule has 0 aliphatic heterocycles. The topological polar surface area (TPSA) is 33.3 Å². The molecule has 0 aromatic heterocycles. The Bertz CT molecular complexity index is 870. The second kappa shape index (κ2) is 8.47. The Morgan fingerprint density at radius 2 is 1.48 bits per heavy atom. The molecule has 3 aromatic carbocycles. The second-order valence-electron chi connectivity index (χ2n) is 5.14. The summed E-state index contributed by atoms with van der Waals surface area (Å²) >= 11 is 12.3. The molecule has 0 unspecified atom stereocenters. The molecule has 0 aliphatic rings. The molecule has 0 fully saturated rings. The van der Waals surface area contributed by atoms with Crippen LogP contribution in [0.3, 0.4) is 0 Å². The van der Waals surface area contributed by atoms with Crippen LogP contribution < -0.4 is 15.4 Å². The van der Waals surface area contributed by atoms with Gasteiger partial charge in [0.15, 0.2) is 5.11 Å². The lowest BCUT2D eigenvalue weighted by Crippen LogP contribution is -2.19. The van der Waals surface area contributed by atoms with E-state index >= 15 is 0 Å². The number of rotatable bonds is 4. The van der Waals surface area contributed by atoms with Crippen molar-refractivity contribution in [3.63, 3.8) is 0 Å². The van der Waals surface area contributed by atoms with Gasteiger partial charge in [0.05, 0.1) is 5.69 Å². The van der Waals surface area contributed by atoms with Gasteiger partial charge in [-0.25, -0.2) is 0 Å². The van der Waals surface area contributed by atoms with Crippen molar-refractivity contribution in [2.75, 3.05) is 10.6 Å². The van der Waals surface area contributed by atoms with Crippen molar-refractivity contribution in [1.29, 1.82) is 0 Å². The van der Waals surface area contributed by atoms with Gasteiger partial charge in [-0.05, 0) is 82.7 Å². The summed E-state index contributed by atoms with van der Waals surface area (Å²) in [6.45, 7) is 0. The van der Waals surface area contributed by atoms with Crippen molar-refractivity contribution < 1.29 is 4.74 Å². The predicted molar refractivity (Wildman–Crippen MR) is 115 cm³/mol. The third-order valence-corrected chi connectivity index (χ3v) is 4.62. The molecule has 3 nitrogen and oxygen atoms in total. The van der Waals surface area contributed by atoms with Crippen LogP contribution in [0.25, 0.3) is 0 Å². The molecular weight excluding hydrogens is 464 g/mol. The monoisotopic (exact) mass is 476 g/mol. The molecule has 0 amide bonds. The van der Waals surface area contributed by atoms with Crippen LogP contribution in [-0.4, -0.2) is 5.11 Å². The minimum atomic E-state index is 0.514. The van der Waals surface area contributed by atoms with Crippen LogP contribution >= 0.6 is 44.1 Å². The molecule has 126 valence electrons. The third-order valence-electron chi connectivity index (χ3n) is 3.27. The standard InChI is InChI=1S/C19H14Br2N2OS/c20-13-6-11-18(17(21)12-13)23-19(25)22-14-7-9-16(10-8-14)24-15-4-2-1-3-5-15/h1-12H,(H2,22,23,25). The van der Waals surface area contributed by atoms with Crippen molar-refractivity contribution >= 4 is 60.6 Å². The summed E-state index contributed by atoms with van der Waals surface area (Å²) in [5.74, 6) is 1.58. The summed E-state index contributed by atoms with van der Waals surface area (Å²) in [5.41, 5.74) is 1.77. The Morgan fingerprint density at radius 3 is 2.16 bits per heavy atom. The van der Waals surface area contributed by atoms with Crippen molar-refractivity contribution in [2.45, 2.75) is 0 Å². The fourth-order valence-electron chi connectivity index (χ4n) is 2.11. The van der Waals surface area contributed by atoms with Crippen LogP contribution in [0.4, 0.5) is 11.4 Å². The summed E-state index contributed by atoms with van der Waals surface area (Å²) < 4.78 is 7.70. The van der Waals surface area contributed by atoms with Crippen molar-refractivity contribution in [3.05, 3.63) is 81.7 Å². The zero-order valence-electron chi connectivity index (χ0n) is 13.0. The summed E-state index contributed by atoms with van der Waals surface area (Å²) in [6, 6.07) is 23.2. The maximum atomic E-state index is 5.77. The van der Waals surface area contributed by atoms with Gasteiger partial charge < -0.3 is 15.4 Å². The Balaban J connectivity index is 1.60. The van der Waals surface area contributed by atoms with E-state index < -0.39 is 0 Å². The average molecular weight is 478 g/mol. The molecular formula is C19H14Br2N2OS. The highest BCUT2D eigenvalue weighted by Gasteiger charge is 2.04. The number of halogens is 2. The van der Waals surface area contributed by atoms with Crippen molar-refractivity contribution in [3.8, 4) is 11.5 Å². The Labute approximate surface area is 168 Å². The molecule has 0 aliphatic carbocycles. The molecule has 0 saturated carbocycles. The van der Waals surface area contributed by atoms with E-state index in [0.29, 0.717) is 5.11 Å². The van der Waals surface area contributed by atoms with Crippen LogP contribution in [0.15, 0.2) is 81.7 Å². The molecule has 3 rings (SSSR count). The van der Waals surface area contributed by atoms with E-state index in [1.54, 1.807) is 0 Å². The van der Waals surface area contributed by atoms with Gasteiger partial charge in [-0.15, -0.1) is 0 Å². The van der Waals surface area contributed by atoms with E-state index in [-0.39, 0.29) is 0 Å². The Hall–Kier alpha value is -1.89. The van der Waals surface area contributed by atoms with Crippen LogP contribution in [-0.2, 0) is 0 Å². The second-order valence-corrected chi connectivity index (χ2v) is 7.32. The molecule has 25 heavy (non-hydrogen) atoms. The van der Waals surface area contributed by atoms with Gasteiger partial charge in [-0.2, -0.15) is 0 Å². The molecule has 0 heterocycles. The molecule has 0 atom stereocenters. The molecule has 0 radical (unpaired) electrons. The first kappa shape index (κ1) is 17.9. The maximum absolute atomic E-state index is 5.77. The lowest BCUT2D eigenvalue weighted by molar-refractivity contribution is 0.483. The molecule has 2 N–H and O–H groups in total. The first-order valence-electron chi connectivity index (χ1n) is 7.46. The van der Waals surface area contributed by atoms with E-state index in [2.05, 4.69) is 42.5 Å². The molecule has 0 saturated heterocycles. The number of nitrogens with one attached hydrogen (secondary N) is 2. The van der Waals surface area contributed by atoms with E-state index in [9.17, 15) is 0 Å². The highest BCUT2D eigenvalue weighted by Crippen LogP contribution is 2.27. The maximum Gasteiger partial charge on any atom is 0.175 e. The number of ether oxygens (including phenoxy) is 1. The molecule has 6 heteroatoms. The Kier molecular flexibility index (Phi) is 6.07. The fraction of sp³-hybridized carbons (Fsp3) is 0. The van der Waals surface area contributed by atoms with E-state index in [1.165, 1.54) is 0 Å². The minimum absolute atomic E-state index is 0.514. The summed E-state index contributed by atoms with van der Waals surface area (Å²) in [6.07, 6.45) is 0.